The molecule has 2 heterocycles. The van der Waals surface area contributed by atoms with E-state index in [1.54, 1.807) is 31.6 Å². The second-order valence-electron chi connectivity index (χ2n) is 8.80. The number of para-hydroxylation sites is 1. The summed E-state index contributed by atoms with van der Waals surface area (Å²) in [5.41, 5.74) is 3.10. The number of anilines is 2. The first-order chi connectivity index (χ1) is 18.1. The highest BCUT2D eigenvalue weighted by Gasteiger charge is 2.42. The van der Waals surface area contributed by atoms with Crippen LogP contribution in [0.1, 0.15) is 24.4 Å². The average molecular weight is 497 g/mol. The van der Waals surface area contributed by atoms with Crippen LogP contribution in [-0.2, 0) is 9.59 Å². The van der Waals surface area contributed by atoms with Crippen LogP contribution < -0.4 is 19.7 Å². The Morgan fingerprint density at radius 3 is 2.35 bits per heavy atom. The Bertz CT molecular complexity index is 1370. The molecule has 8 nitrogen and oxygen atoms in total. The van der Waals surface area contributed by atoms with Crippen molar-refractivity contribution in [1.82, 2.24) is 9.55 Å². The standard InChI is InChI=1S/C29H28N4O4/c1-36-23-13-11-22(12-14-23)33-27(34)16-15-25(28(33)24-5-3-4-6-26(24)37-2)29(35)31-20-7-9-21(10-8-20)32-18-17-30-19-32/h3-14,17-19,25,28H,15-16H2,1-2H3,(H,31,35). The van der Waals surface area contributed by atoms with Gasteiger partial charge in [-0.25, -0.2) is 4.98 Å². The van der Waals surface area contributed by atoms with Gasteiger partial charge >= 0.3 is 0 Å². The maximum atomic E-state index is 13.7. The van der Waals surface area contributed by atoms with Crippen molar-refractivity contribution in [1.29, 1.82) is 0 Å². The van der Waals surface area contributed by atoms with E-state index in [1.165, 1.54) is 0 Å². The number of piperidine rings is 1. The van der Waals surface area contributed by atoms with E-state index in [0.717, 1.165) is 11.3 Å². The summed E-state index contributed by atoms with van der Waals surface area (Å²) in [6.45, 7) is 0. The highest BCUT2D eigenvalue weighted by atomic mass is 16.5. The first-order valence-corrected chi connectivity index (χ1v) is 12.1. The van der Waals surface area contributed by atoms with Crippen LogP contribution in [0.25, 0.3) is 5.69 Å². The summed E-state index contributed by atoms with van der Waals surface area (Å²) in [6.07, 6.45) is 5.98. The zero-order chi connectivity index (χ0) is 25.8. The first-order valence-electron chi connectivity index (χ1n) is 12.1. The van der Waals surface area contributed by atoms with Crippen LogP contribution in [0.2, 0.25) is 0 Å². The van der Waals surface area contributed by atoms with Crippen LogP contribution in [-0.4, -0.2) is 35.6 Å². The van der Waals surface area contributed by atoms with Crippen molar-refractivity contribution in [3.63, 3.8) is 0 Å². The molecular formula is C29H28N4O4. The highest BCUT2D eigenvalue weighted by molar-refractivity contribution is 6.00. The minimum absolute atomic E-state index is 0.0465. The van der Waals surface area contributed by atoms with Crippen LogP contribution in [0.15, 0.2) is 91.5 Å². The van der Waals surface area contributed by atoms with Gasteiger partial charge in [-0.05, 0) is 61.0 Å². The summed E-state index contributed by atoms with van der Waals surface area (Å²) in [6, 6.07) is 21.9. The minimum Gasteiger partial charge on any atom is -0.497 e. The van der Waals surface area contributed by atoms with Gasteiger partial charge in [-0.3, -0.25) is 9.59 Å². The fraction of sp³-hybridized carbons (Fsp3) is 0.207. The van der Waals surface area contributed by atoms with Crippen LogP contribution in [0.5, 0.6) is 11.5 Å². The first kappa shape index (κ1) is 24.1. The molecule has 188 valence electrons. The van der Waals surface area contributed by atoms with Gasteiger partial charge in [0, 0.05) is 41.4 Å². The molecule has 1 aliphatic heterocycles. The molecule has 1 aromatic heterocycles. The molecule has 3 aromatic carbocycles. The van der Waals surface area contributed by atoms with Crippen molar-refractivity contribution in [2.75, 3.05) is 24.4 Å². The zero-order valence-corrected chi connectivity index (χ0v) is 20.7. The number of carbonyl (C=O) groups is 2. The SMILES string of the molecule is COc1ccc(N2C(=O)CCC(C(=O)Nc3ccc(-n4ccnc4)cc3)C2c2ccccc2OC)cc1. The topological polar surface area (TPSA) is 85.7 Å². The van der Waals surface area contributed by atoms with E-state index in [9.17, 15) is 9.59 Å². The maximum Gasteiger partial charge on any atom is 0.229 e. The van der Waals surface area contributed by atoms with Crippen LogP contribution in [0, 0.1) is 5.92 Å². The number of rotatable bonds is 7. The normalized spacial score (nSPS) is 17.4. The molecule has 1 N–H and O–H groups in total. The van der Waals surface area contributed by atoms with E-state index in [0.29, 0.717) is 29.3 Å². The van der Waals surface area contributed by atoms with Gasteiger partial charge in [0.15, 0.2) is 0 Å². The molecule has 0 radical (unpaired) electrons. The molecule has 0 aliphatic carbocycles. The van der Waals surface area contributed by atoms with Crippen molar-refractivity contribution in [3.8, 4) is 17.2 Å². The van der Waals surface area contributed by atoms with Gasteiger partial charge in [-0.2, -0.15) is 0 Å². The molecule has 37 heavy (non-hydrogen) atoms. The van der Waals surface area contributed by atoms with E-state index in [4.69, 9.17) is 9.47 Å². The monoisotopic (exact) mass is 496 g/mol. The second-order valence-corrected chi connectivity index (χ2v) is 8.80. The van der Waals surface area contributed by atoms with E-state index >= 15 is 0 Å². The Morgan fingerprint density at radius 1 is 0.946 bits per heavy atom. The Labute approximate surface area is 215 Å². The smallest absolute Gasteiger partial charge is 0.229 e. The van der Waals surface area contributed by atoms with E-state index < -0.39 is 12.0 Å². The molecule has 2 atom stereocenters. The number of nitrogens with one attached hydrogen (secondary N) is 1. The number of hydrogen-bond acceptors (Lipinski definition) is 5. The van der Waals surface area contributed by atoms with Crippen molar-refractivity contribution >= 4 is 23.2 Å². The molecule has 0 spiro atoms. The van der Waals surface area contributed by atoms with Crippen molar-refractivity contribution in [2.24, 2.45) is 5.92 Å². The lowest BCUT2D eigenvalue weighted by molar-refractivity contribution is -0.125. The Hall–Kier alpha value is -4.59. The molecule has 4 aromatic rings. The third kappa shape index (κ3) is 4.91. The van der Waals surface area contributed by atoms with Crippen molar-refractivity contribution in [3.05, 3.63) is 97.1 Å². The summed E-state index contributed by atoms with van der Waals surface area (Å²) in [4.78, 5) is 32.8. The summed E-state index contributed by atoms with van der Waals surface area (Å²) in [5.74, 6) is 0.621. The lowest BCUT2D eigenvalue weighted by atomic mass is 9.82. The van der Waals surface area contributed by atoms with Gasteiger partial charge in [0.1, 0.15) is 11.5 Å². The van der Waals surface area contributed by atoms with Crippen LogP contribution in [0.4, 0.5) is 11.4 Å². The number of nitrogens with zero attached hydrogens (tertiary/aromatic N) is 3. The molecular weight excluding hydrogens is 468 g/mol. The second kappa shape index (κ2) is 10.6. The van der Waals surface area contributed by atoms with Crippen molar-refractivity contribution in [2.45, 2.75) is 18.9 Å². The molecule has 2 amide bonds. The fourth-order valence-electron chi connectivity index (χ4n) is 4.84. The molecule has 2 unspecified atom stereocenters. The predicted molar refractivity (Wildman–Crippen MR) is 141 cm³/mol. The summed E-state index contributed by atoms with van der Waals surface area (Å²) < 4.78 is 12.8. The van der Waals surface area contributed by atoms with E-state index in [2.05, 4.69) is 10.3 Å². The molecule has 1 saturated heterocycles. The Balaban J connectivity index is 1.49. The number of ether oxygens (including phenoxy) is 2. The van der Waals surface area contributed by atoms with Gasteiger partial charge in [0.25, 0.3) is 0 Å². The molecule has 0 saturated carbocycles. The average Bonchev–Trinajstić information content (AvgIpc) is 3.48. The molecule has 1 fully saturated rings. The van der Waals surface area contributed by atoms with Gasteiger partial charge in [0.05, 0.1) is 32.5 Å². The summed E-state index contributed by atoms with van der Waals surface area (Å²) in [5, 5.41) is 3.06. The number of amides is 2. The summed E-state index contributed by atoms with van der Waals surface area (Å²) >= 11 is 0. The lowest BCUT2D eigenvalue weighted by Gasteiger charge is -2.41. The zero-order valence-electron chi connectivity index (χ0n) is 20.7. The van der Waals surface area contributed by atoms with Crippen molar-refractivity contribution < 1.29 is 19.1 Å². The number of aromatic nitrogens is 2. The number of benzene rings is 3. The molecule has 8 heteroatoms. The largest absolute Gasteiger partial charge is 0.497 e. The minimum atomic E-state index is -0.545. The molecule has 1 aliphatic rings. The maximum absolute atomic E-state index is 13.7. The van der Waals surface area contributed by atoms with Gasteiger partial charge in [-0.1, -0.05) is 18.2 Å². The Kier molecular flexibility index (Phi) is 6.89. The third-order valence-corrected chi connectivity index (χ3v) is 6.68. The number of carbonyl (C=O) groups excluding carboxylic acids is 2. The number of imidazole rings is 1. The van der Waals surface area contributed by atoms with Crippen LogP contribution in [0.3, 0.4) is 0 Å². The summed E-state index contributed by atoms with van der Waals surface area (Å²) in [7, 11) is 3.19. The van der Waals surface area contributed by atoms with Gasteiger partial charge in [0.2, 0.25) is 11.8 Å². The van der Waals surface area contributed by atoms with Gasteiger partial charge in [-0.15, -0.1) is 0 Å². The molecule has 5 rings (SSSR count). The predicted octanol–water partition coefficient (Wildman–Crippen LogP) is 5.01. The molecule has 0 bridgehead atoms. The van der Waals surface area contributed by atoms with E-state index in [-0.39, 0.29) is 18.2 Å². The van der Waals surface area contributed by atoms with Gasteiger partial charge < -0.3 is 24.3 Å². The highest BCUT2D eigenvalue weighted by Crippen LogP contribution is 2.43. The third-order valence-electron chi connectivity index (χ3n) is 6.68. The lowest BCUT2D eigenvalue weighted by Crippen LogP contribution is -2.47. The Morgan fingerprint density at radius 2 is 1.68 bits per heavy atom. The van der Waals surface area contributed by atoms with Crippen LogP contribution >= 0.6 is 0 Å². The quantitative estimate of drug-likeness (QED) is 0.389. The fourth-order valence-corrected chi connectivity index (χ4v) is 4.84. The number of hydrogen-bond donors (Lipinski definition) is 1. The number of methoxy groups -OCH3 is 2. The van der Waals surface area contributed by atoms with E-state index in [1.807, 2.05) is 83.6 Å².